The van der Waals surface area contributed by atoms with E-state index in [1.54, 1.807) is 7.11 Å². The molecule has 0 spiro atoms. The van der Waals surface area contributed by atoms with Gasteiger partial charge in [0.1, 0.15) is 11.3 Å². The predicted molar refractivity (Wildman–Crippen MR) is 102 cm³/mol. The smallest absolute Gasteiger partial charge is 0.332 e. The largest absolute Gasteiger partial charge is 0.497 e. The zero-order chi connectivity index (χ0) is 18.3. The van der Waals surface area contributed by atoms with E-state index in [1.807, 2.05) is 30.3 Å². The zero-order valence-electron chi connectivity index (χ0n) is 15.8. The fourth-order valence-electron chi connectivity index (χ4n) is 4.29. The van der Waals surface area contributed by atoms with Crippen molar-refractivity contribution in [3.63, 3.8) is 0 Å². The number of likely N-dealkylation sites (N-methyl/N-ethyl adjacent to an activating group) is 1. The van der Waals surface area contributed by atoms with Gasteiger partial charge in [0.2, 0.25) is 0 Å². The fourth-order valence-corrected chi connectivity index (χ4v) is 4.29. The van der Waals surface area contributed by atoms with Crippen LogP contribution >= 0.6 is 0 Å². The van der Waals surface area contributed by atoms with Gasteiger partial charge >= 0.3 is 5.97 Å². The van der Waals surface area contributed by atoms with E-state index in [-0.39, 0.29) is 11.9 Å². The fraction of sp³-hybridized carbons (Fsp3) is 0.571. The lowest BCUT2D eigenvalue weighted by molar-refractivity contribution is -0.150. The number of carbonyl (C=O) groups excluding carboxylic acids is 1. The van der Waals surface area contributed by atoms with Crippen molar-refractivity contribution in [2.45, 2.75) is 51.0 Å². The average Bonchev–Trinajstić information content (AvgIpc) is 2.68. The molecule has 0 bridgehead atoms. The first kappa shape index (κ1) is 19.4. The molecule has 2 rings (SSSR count). The summed E-state index contributed by atoms with van der Waals surface area (Å²) in [6, 6.07) is 7.92. The lowest BCUT2D eigenvalue weighted by Crippen LogP contribution is -2.60. The van der Waals surface area contributed by atoms with Crippen LogP contribution < -0.4 is 9.64 Å². The van der Waals surface area contributed by atoms with Gasteiger partial charge in [0.05, 0.1) is 14.2 Å². The van der Waals surface area contributed by atoms with E-state index in [1.165, 1.54) is 26.4 Å². The number of hydrogen-bond donors (Lipinski definition) is 0. The van der Waals surface area contributed by atoms with Gasteiger partial charge in [-0.25, -0.2) is 4.79 Å². The van der Waals surface area contributed by atoms with E-state index < -0.39 is 5.54 Å². The molecule has 25 heavy (non-hydrogen) atoms. The van der Waals surface area contributed by atoms with E-state index in [9.17, 15) is 4.79 Å². The van der Waals surface area contributed by atoms with Crippen LogP contribution in [0, 0.1) is 5.92 Å². The van der Waals surface area contributed by atoms with Crippen molar-refractivity contribution in [1.29, 1.82) is 0 Å². The standard InChI is InChI=1S/C21H31NO3/c1-5-16-21(20(23)25-4,17-10-8-7-9-11-17)22(6-2)18-12-14-19(24-3)15-13-18/h5,12-15,17H,1,6-11,16H2,2-4H3. The molecule has 0 amide bonds. The van der Waals surface area contributed by atoms with E-state index in [4.69, 9.17) is 9.47 Å². The van der Waals surface area contributed by atoms with Gasteiger partial charge in [-0.1, -0.05) is 25.3 Å². The normalized spacial score (nSPS) is 17.4. The van der Waals surface area contributed by atoms with E-state index in [0.717, 1.165) is 30.8 Å². The van der Waals surface area contributed by atoms with Crippen molar-refractivity contribution < 1.29 is 14.3 Å². The predicted octanol–water partition coefficient (Wildman–Crippen LogP) is 4.59. The Bertz CT molecular complexity index is 563. The highest BCUT2D eigenvalue weighted by atomic mass is 16.5. The van der Waals surface area contributed by atoms with Crippen LogP contribution in [0.1, 0.15) is 45.4 Å². The van der Waals surface area contributed by atoms with Gasteiger partial charge in [-0.15, -0.1) is 6.58 Å². The summed E-state index contributed by atoms with van der Waals surface area (Å²) in [6.45, 7) is 6.76. The molecule has 1 unspecified atom stereocenters. The third-order valence-electron chi connectivity index (χ3n) is 5.46. The van der Waals surface area contributed by atoms with Crippen molar-refractivity contribution in [1.82, 2.24) is 0 Å². The molecule has 1 aromatic carbocycles. The Morgan fingerprint density at radius 1 is 1.24 bits per heavy atom. The molecule has 1 aliphatic carbocycles. The molecule has 1 saturated carbocycles. The van der Waals surface area contributed by atoms with E-state index in [0.29, 0.717) is 6.42 Å². The summed E-state index contributed by atoms with van der Waals surface area (Å²) >= 11 is 0. The molecule has 138 valence electrons. The summed E-state index contributed by atoms with van der Waals surface area (Å²) in [6.07, 6.45) is 8.13. The lowest BCUT2D eigenvalue weighted by atomic mass is 9.71. The maximum Gasteiger partial charge on any atom is 0.332 e. The summed E-state index contributed by atoms with van der Waals surface area (Å²) in [4.78, 5) is 15.3. The van der Waals surface area contributed by atoms with Gasteiger partial charge < -0.3 is 14.4 Å². The van der Waals surface area contributed by atoms with Crippen LogP contribution in [0.3, 0.4) is 0 Å². The first-order valence-corrected chi connectivity index (χ1v) is 9.25. The van der Waals surface area contributed by atoms with Gasteiger partial charge in [-0.05, 0) is 56.4 Å². The molecule has 0 radical (unpaired) electrons. The Labute approximate surface area is 151 Å². The molecular weight excluding hydrogens is 314 g/mol. The first-order valence-electron chi connectivity index (χ1n) is 9.25. The monoisotopic (exact) mass is 345 g/mol. The summed E-state index contributed by atoms with van der Waals surface area (Å²) < 4.78 is 10.6. The molecule has 0 aliphatic heterocycles. The van der Waals surface area contributed by atoms with Crippen molar-refractivity contribution >= 4 is 11.7 Å². The molecule has 4 nitrogen and oxygen atoms in total. The number of anilines is 1. The molecule has 1 fully saturated rings. The topological polar surface area (TPSA) is 38.8 Å². The molecule has 0 N–H and O–H groups in total. The van der Waals surface area contributed by atoms with E-state index >= 15 is 0 Å². The minimum Gasteiger partial charge on any atom is -0.497 e. The average molecular weight is 345 g/mol. The van der Waals surface area contributed by atoms with Gasteiger partial charge in [-0.2, -0.15) is 0 Å². The summed E-state index contributed by atoms with van der Waals surface area (Å²) in [5.74, 6) is 0.926. The highest BCUT2D eigenvalue weighted by Crippen LogP contribution is 2.42. The van der Waals surface area contributed by atoms with Crippen molar-refractivity contribution in [3.8, 4) is 5.75 Å². The molecule has 0 heterocycles. The minimum atomic E-state index is -0.694. The molecule has 1 aliphatic rings. The lowest BCUT2D eigenvalue weighted by Gasteiger charge is -2.48. The summed E-state index contributed by atoms with van der Waals surface area (Å²) in [7, 11) is 3.15. The quantitative estimate of drug-likeness (QED) is 0.510. The second-order valence-electron chi connectivity index (χ2n) is 6.69. The second kappa shape index (κ2) is 8.93. The van der Waals surface area contributed by atoms with Crippen LogP contribution in [0.2, 0.25) is 0 Å². The Morgan fingerprint density at radius 2 is 1.88 bits per heavy atom. The van der Waals surface area contributed by atoms with E-state index in [2.05, 4.69) is 18.4 Å². The van der Waals surface area contributed by atoms with Crippen molar-refractivity contribution in [3.05, 3.63) is 36.9 Å². The third kappa shape index (κ3) is 3.83. The number of benzene rings is 1. The SMILES string of the molecule is C=CCC(C(=O)OC)(C1CCCCC1)N(CC)c1ccc(OC)cc1. The molecule has 1 atom stereocenters. The Balaban J connectivity index is 2.51. The Kier molecular flexibility index (Phi) is 6.91. The van der Waals surface area contributed by atoms with Crippen LogP contribution in [0.25, 0.3) is 0 Å². The highest BCUT2D eigenvalue weighted by molar-refractivity contribution is 5.86. The Hall–Kier alpha value is -1.97. The third-order valence-corrected chi connectivity index (χ3v) is 5.46. The van der Waals surface area contributed by atoms with Gasteiger partial charge in [0.25, 0.3) is 0 Å². The molecule has 1 aromatic rings. The molecule has 0 aromatic heterocycles. The van der Waals surface area contributed by atoms with Gasteiger partial charge in [-0.3, -0.25) is 0 Å². The number of carbonyl (C=O) groups is 1. The van der Waals surface area contributed by atoms with Crippen molar-refractivity contribution in [2.75, 3.05) is 25.7 Å². The minimum absolute atomic E-state index is 0.156. The zero-order valence-corrected chi connectivity index (χ0v) is 15.8. The number of hydrogen-bond acceptors (Lipinski definition) is 4. The number of methoxy groups -OCH3 is 2. The van der Waals surface area contributed by atoms with Crippen molar-refractivity contribution in [2.24, 2.45) is 5.92 Å². The summed E-state index contributed by atoms with van der Waals surface area (Å²) in [5.41, 5.74) is 0.321. The molecular formula is C21H31NO3. The maximum atomic E-state index is 13.1. The number of rotatable bonds is 8. The Morgan fingerprint density at radius 3 is 2.36 bits per heavy atom. The van der Waals surface area contributed by atoms with Crippen LogP contribution in [0.5, 0.6) is 5.75 Å². The number of esters is 1. The summed E-state index contributed by atoms with van der Waals surface area (Å²) in [5, 5.41) is 0. The first-order chi connectivity index (χ1) is 12.1. The maximum absolute atomic E-state index is 13.1. The molecule has 0 saturated heterocycles. The van der Waals surface area contributed by atoms with Crippen LogP contribution in [0.4, 0.5) is 5.69 Å². The van der Waals surface area contributed by atoms with Crippen LogP contribution in [0.15, 0.2) is 36.9 Å². The van der Waals surface area contributed by atoms with Crippen LogP contribution in [-0.2, 0) is 9.53 Å². The highest BCUT2D eigenvalue weighted by Gasteiger charge is 2.50. The number of nitrogens with zero attached hydrogens (tertiary/aromatic N) is 1. The van der Waals surface area contributed by atoms with Gasteiger partial charge in [0.15, 0.2) is 0 Å². The van der Waals surface area contributed by atoms with Gasteiger partial charge in [0, 0.05) is 12.2 Å². The second-order valence-corrected chi connectivity index (χ2v) is 6.69. The number of ether oxygens (including phenoxy) is 2. The van der Waals surface area contributed by atoms with Crippen LogP contribution in [-0.4, -0.2) is 32.3 Å². The molecule has 4 heteroatoms.